The molecule has 1 unspecified atom stereocenters. The lowest BCUT2D eigenvalue weighted by Crippen LogP contribution is -2.24. The van der Waals surface area contributed by atoms with Gasteiger partial charge in [0.2, 0.25) is 5.91 Å². The van der Waals surface area contributed by atoms with Crippen molar-refractivity contribution in [1.82, 2.24) is 0 Å². The molecule has 6 heteroatoms. The van der Waals surface area contributed by atoms with E-state index in [9.17, 15) is 18.0 Å². The Hall–Kier alpha value is -1.56. The lowest BCUT2D eigenvalue weighted by atomic mass is 10.2. The van der Waals surface area contributed by atoms with Crippen molar-refractivity contribution in [2.24, 2.45) is 5.73 Å². The average molecular weight is 246 g/mol. The summed E-state index contributed by atoms with van der Waals surface area (Å²) in [4.78, 5) is 11.3. The van der Waals surface area contributed by atoms with Gasteiger partial charge in [0.05, 0.1) is 5.56 Å². The zero-order valence-electron chi connectivity index (χ0n) is 9.21. The number of carbonyl (C=O) groups excluding carboxylic acids is 1. The van der Waals surface area contributed by atoms with E-state index in [1.807, 2.05) is 0 Å². The highest BCUT2D eigenvalue weighted by Gasteiger charge is 2.30. The van der Waals surface area contributed by atoms with Crippen LogP contribution in [0.1, 0.15) is 18.9 Å². The van der Waals surface area contributed by atoms with E-state index in [0.717, 1.165) is 12.1 Å². The minimum absolute atomic E-state index is 0.0657. The summed E-state index contributed by atoms with van der Waals surface area (Å²) in [6, 6.07) is 4.14. The summed E-state index contributed by atoms with van der Waals surface area (Å²) >= 11 is 0. The normalized spacial score (nSPS) is 13.2. The number of amides is 1. The molecule has 1 amide bonds. The summed E-state index contributed by atoms with van der Waals surface area (Å²) in [6.45, 7) is 1.64. The van der Waals surface area contributed by atoms with E-state index >= 15 is 0 Å². The third-order valence-electron chi connectivity index (χ3n) is 1.98. The van der Waals surface area contributed by atoms with Gasteiger partial charge < -0.3 is 11.1 Å². The molecule has 0 spiro atoms. The second-order valence-electron chi connectivity index (χ2n) is 3.81. The molecule has 1 aromatic carbocycles. The fourth-order valence-corrected chi connectivity index (χ4v) is 1.28. The highest BCUT2D eigenvalue weighted by atomic mass is 19.4. The molecular weight excluding hydrogens is 233 g/mol. The molecule has 0 fully saturated rings. The van der Waals surface area contributed by atoms with Gasteiger partial charge in [-0.15, -0.1) is 0 Å². The van der Waals surface area contributed by atoms with Crippen LogP contribution in [0.2, 0.25) is 0 Å². The lowest BCUT2D eigenvalue weighted by Gasteiger charge is -2.10. The monoisotopic (exact) mass is 246 g/mol. The fourth-order valence-electron chi connectivity index (χ4n) is 1.28. The molecule has 1 rings (SSSR count). The zero-order valence-corrected chi connectivity index (χ0v) is 9.21. The second kappa shape index (κ2) is 5.18. The number of hydrogen-bond acceptors (Lipinski definition) is 2. The number of anilines is 1. The van der Waals surface area contributed by atoms with Gasteiger partial charge in [0.15, 0.2) is 0 Å². The number of carbonyl (C=O) groups is 1. The average Bonchev–Trinajstić information content (AvgIpc) is 2.15. The number of alkyl halides is 3. The molecule has 0 aliphatic heterocycles. The van der Waals surface area contributed by atoms with E-state index < -0.39 is 17.6 Å². The van der Waals surface area contributed by atoms with Gasteiger partial charge in [0.1, 0.15) is 0 Å². The van der Waals surface area contributed by atoms with Crippen molar-refractivity contribution in [1.29, 1.82) is 0 Å². The molecule has 0 bridgehead atoms. The molecule has 0 saturated carbocycles. The van der Waals surface area contributed by atoms with Crippen LogP contribution in [0.3, 0.4) is 0 Å². The summed E-state index contributed by atoms with van der Waals surface area (Å²) in [6.07, 6.45) is -4.35. The molecule has 0 aliphatic rings. The Balaban J connectivity index is 2.76. The predicted molar refractivity (Wildman–Crippen MR) is 58.3 cm³/mol. The van der Waals surface area contributed by atoms with Gasteiger partial charge in [-0.05, 0) is 25.1 Å². The molecule has 94 valence electrons. The number of nitrogens with one attached hydrogen (secondary N) is 1. The third kappa shape index (κ3) is 4.44. The van der Waals surface area contributed by atoms with Crippen LogP contribution in [-0.4, -0.2) is 11.9 Å². The first-order valence-electron chi connectivity index (χ1n) is 5.01. The maximum Gasteiger partial charge on any atom is 0.416 e. The van der Waals surface area contributed by atoms with Crippen molar-refractivity contribution in [3.8, 4) is 0 Å². The van der Waals surface area contributed by atoms with Gasteiger partial charge in [-0.1, -0.05) is 6.07 Å². The molecule has 3 nitrogen and oxygen atoms in total. The lowest BCUT2D eigenvalue weighted by molar-refractivity contribution is -0.137. The first-order chi connectivity index (χ1) is 7.79. The topological polar surface area (TPSA) is 55.1 Å². The number of rotatable bonds is 3. The first-order valence-corrected chi connectivity index (χ1v) is 5.01. The van der Waals surface area contributed by atoms with Crippen LogP contribution in [0.5, 0.6) is 0 Å². The smallest absolute Gasteiger partial charge is 0.327 e. The maximum atomic E-state index is 12.4. The summed E-state index contributed by atoms with van der Waals surface area (Å²) in [5, 5.41) is 2.37. The van der Waals surface area contributed by atoms with Crippen LogP contribution in [-0.2, 0) is 11.0 Å². The Bertz CT molecular complexity index is 402. The van der Waals surface area contributed by atoms with Crippen LogP contribution in [0, 0.1) is 0 Å². The van der Waals surface area contributed by atoms with Gasteiger partial charge in [-0.3, -0.25) is 4.79 Å². The first kappa shape index (κ1) is 13.5. The van der Waals surface area contributed by atoms with Crippen LogP contribution in [0.25, 0.3) is 0 Å². The van der Waals surface area contributed by atoms with Crippen molar-refractivity contribution in [2.75, 3.05) is 5.32 Å². The van der Waals surface area contributed by atoms with Crippen molar-refractivity contribution in [3.05, 3.63) is 29.8 Å². The Kier molecular flexibility index (Phi) is 4.11. The molecule has 17 heavy (non-hydrogen) atoms. The third-order valence-corrected chi connectivity index (χ3v) is 1.98. The summed E-state index contributed by atoms with van der Waals surface area (Å²) in [7, 11) is 0. The molecule has 0 aliphatic carbocycles. The molecule has 3 N–H and O–H groups in total. The maximum absolute atomic E-state index is 12.4. The Morgan fingerprint density at radius 2 is 2.12 bits per heavy atom. The predicted octanol–water partition coefficient (Wildman–Crippen LogP) is 2.38. The standard InChI is InChI=1S/C11H13F3N2O/c1-7(15)5-10(17)16-9-4-2-3-8(6-9)11(12,13)14/h2-4,6-7H,5,15H2,1H3,(H,16,17). The van der Waals surface area contributed by atoms with E-state index in [1.165, 1.54) is 12.1 Å². The largest absolute Gasteiger partial charge is 0.416 e. The molecule has 0 saturated heterocycles. The van der Waals surface area contributed by atoms with Gasteiger partial charge in [-0.25, -0.2) is 0 Å². The van der Waals surface area contributed by atoms with Crippen LogP contribution in [0.15, 0.2) is 24.3 Å². The van der Waals surface area contributed by atoms with Crippen LogP contribution in [0.4, 0.5) is 18.9 Å². The van der Waals surface area contributed by atoms with E-state index in [0.29, 0.717) is 0 Å². The molecule has 1 atom stereocenters. The van der Waals surface area contributed by atoms with Crippen molar-refractivity contribution in [2.45, 2.75) is 25.6 Å². The van der Waals surface area contributed by atoms with E-state index in [2.05, 4.69) is 5.32 Å². The molecule has 1 aromatic rings. The van der Waals surface area contributed by atoms with Gasteiger partial charge in [0.25, 0.3) is 0 Å². The summed E-state index contributed by atoms with van der Waals surface area (Å²) < 4.78 is 37.1. The van der Waals surface area contributed by atoms with Gasteiger partial charge >= 0.3 is 6.18 Å². The highest BCUT2D eigenvalue weighted by molar-refractivity contribution is 5.91. The van der Waals surface area contributed by atoms with Crippen LogP contribution < -0.4 is 11.1 Å². The van der Waals surface area contributed by atoms with Gasteiger partial charge in [-0.2, -0.15) is 13.2 Å². The SMILES string of the molecule is CC(N)CC(=O)Nc1cccc(C(F)(F)F)c1. The quantitative estimate of drug-likeness (QED) is 0.860. The van der Waals surface area contributed by atoms with Crippen LogP contribution >= 0.6 is 0 Å². The van der Waals surface area contributed by atoms with Gasteiger partial charge in [0, 0.05) is 18.2 Å². The summed E-state index contributed by atoms with van der Waals surface area (Å²) in [5.41, 5.74) is 4.73. The van der Waals surface area contributed by atoms with E-state index in [-0.39, 0.29) is 18.2 Å². The van der Waals surface area contributed by atoms with E-state index in [4.69, 9.17) is 5.73 Å². The van der Waals surface area contributed by atoms with Crippen molar-refractivity contribution < 1.29 is 18.0 Å². The second-order valence-corrected chi connectivity index (χ2v) is 3.81. The number of benzene rings is 1. The highest BCUT2D eigenvalue weighted by Crippen LogP contribution is 2.30. The van der Waals surface area contributed by atoms with Crippen molar-refractivity contribution in [3.63, 3.8) is 0 Å². The molecule has 0 aromatic heterocycles. The summed E-state index contributed by atoms with van der Waals surface area (Å²) in [5.74, 6) is -0.403. The van der Waals surface area contributed by atoms with E-state index in [1.54, 1.807) is 6.92 Å². The zero-order chi connectivity index (χ0) is 13.1. The minimum Gasteiger partial charge on any atom is -0.327 e. The molecular formula is C11H13F3N2O. The Labute approximate surface area is 96.8 Å². The minimum atomic E-state index is -4.41. The molecule has 0 radical (unpaired) electrons. The fraction of sp³-hybridized carbons (Fsp3) is 0.364. The van der Waals surface area contributed by atoms with Crippen molar-refractivity contribution >= 4 is 11.6 Å². The number of hydrogen-bond donors (Lipinski definition) is 2. The Morgan fingerprint density at radius 3 is 2.65 bits per heavy atom. The number of nitrogens with two attached hydrogens (primary N) is 1. The Morgan fingerprint density at radius 1 is 1.47 bits per heavy atom. The number of halogens is 3. The molecule has 0 heterocycles.